The topological polar surface area (TPSA) is 33.7 Å². The van der Waals surface area contributed by atoms with Crippen molar-refractivity contribution in [3.63, 3.8) is 0 Å². The summed E-state index contributed by atoms with van der Waals surface area (Å²) in [7, 11) is 3.40. The zero-order valence-electron chi connectivity index (χ0n) is 14.8. The van der Waals surface area contributed by atoms with Crippen LogP contribution in [0.2, 0.25) is 0 Å². The SMILES string of the molecule is COc1ccc(C(c2ccc(Br)cc2)N2CCCNCC2)c(OC)c1. The van der Waals surface area contributed by atoms with E-state index in [1.807, 2.05) is 12.1 Å². The minimum Gasteiger partial charge on any atom is -0.497 e. The quantitative estimate of drug-likeness (QED) is 0.820. The number of nitrogens with one attached hydrogen (secondary N) is 1. The fraction of sp³-hybridized carbons (Fsp3) is 0.400. The fourth-order valence-corrected chi connectivity index (χ4v) is 3.67. The molecule has 5 heteroatoms. The Bertz CT molecular complexity index is 683. The number of benzene rings is 2. The van der Waals surface area contributed by atoms with Crippen LogP contribution in [0.25, 0.3) is 0 Å². The molecule has 2 aromatic rings. The molecule has 1 atom stereocenters. The van der Waals surface area contributed by atoms with Gasteiger partial charge >= 0.3 is 0 Å². The maximum Gasteiger partial charge on any atom is 0.127 e. The van der Waals surface area contributed by atoms with Gasteiger partial charge in [-0.1, -0.05) is 28.1 Å². The molecule has 0 radical (unpaired) electrons. The molecule has 1 aliphatic rings. The predicted octanol–water partition coefficient (Wildman–Crippen LogP) is 3.85. The van der Waals surface area contributed by atoms with Crippen molar-refractivity contribution in [2.45, 2.75) is 12.5 Å². The molecule has 1 saturated heterocycles. The average molecular weight is 405 g/mol. The van der Waals surface area contributed by atoms with E-state index in [0.29, 0.717) is 0 Å². The van der Waals surface area contributed by atoms with E-state index in [9.17, 15) is 0 Å². The summed E-state index contributed by atoms with van der Waals surface area (Å²) in [5, 5.41) is 3.49. The lowest BCUT2D eigenvalue weighted by atomic mass is 9.95. The van der Waals surface area contributed by atoms with E-state index < -0.39 is 0 Å². The number of methoxy groups -OCH3 is 2. The standard InChI is InChI=1S/C20H25BrN2O2/c1-24-17-8-9-18(19(14-17)25-2)20(15-4-6-16(21)7-5-15)23-12-3-10-22-11-13-23/h4-9,14,20,22H,3,10-13H2,1-2H3. The van der Waals surface area contributed by atoms with Crippen LogP contribution in [0.5, 0.6) is 11.5 Å². The van der Waals surface area contributed by atoms with Crippen molar-refractivity contribution in [2.24, 2.45) is 0 Å². The third-order valence-corrected chi connectivity index (χ3v) is 5.19. The van der Waals surface area contributed by atoms with Crippen molar-refractivity contribution in [3.05, 3.63) is 58.1 Å². The van der Waals surface area contributed by atoms with E-state index in [-0.39, 0.29) is 6.04 Å². The number of rotatable bonds is 5. The van der Waals surface area contributed by atoms with Crippen molar-refractivity contribution >= 4 is 15.9 Å². The van der Waals surface area contributed by atoms with E-state index in [1.54, 1.807) is 14.2 Å². The first-order chi connectivity index (χ1) is 12.2. The van der Waals surface area contributed by atoms with E-state index in [0.717, 1.165) is 48.6 Å². The molecular formula is C20H25BrN2O2. The van der Waals surface area contributed by atoms with Crippen LogP contribution < -0.4 is 14.8 Å². The monoisotopic (exact) mass is 404 g/mol. The first kappa shape index (κ1) is 18.2. The van der Waals surface area contributed by atoms with Gasteiger partial charge in [-0.15, -0.1) is 0 Å². The second-order valence-corrected chi connectivity index (χ2v) is 7.12. The van der Waals surface area contributed by atoms with Gasteiger partial charge in [0.15, 0.2) is 0 Å². The fourth-order valence-electron chi connectivity index (χ4n) is 3.40. The number of nitrogens with zero attached hydrogens (tertiary/aromatic N) is 1. The van der Waals surface area contributed by atoms with Crippen LogP contribution in [0, 0.1) is 0 Å². The Hall–Kier alpha value is -1.56. The lowest BCUT2D eigenvalue weighted by Crippen LogP contribution is -2.33. The third-order valence-electron chi connectivity index (χ3n) is 4.66. The zero-order chi connectivity index (χ0) is 17.6. The predicted molar refractivity (Wildman–Crippen MR) is 105 cm³/mol. The molecule has 134 valence electrons. The Labute approximate surface area is 158 Å². The molecule has 0 amide bonds. The first-order valence-corrected chi connectivity index (χ1v) is 9.44. The molecule has 0 aliphatic carbocycles. The van der Waals surface area contributed by atoms with Gasteiger partial charge in [0.2, 0.25) is 0 Å². The Morgan fingerprint density at radius 1 is 1.00 bits per heavy atom. The van der Waals surface area contributed by atoms with Crippen LogP contribution in [0.1, 0.15) is 23.6 Å². The molecule has 2 aromatic carbocycles. The zero-order valence-corrected chi connectivity index (χ0v) is 16.4. The Morgan fingerprint density at radius 3 is 2.52 bits per heavy atom. The molecule has 1 N–H and O–H groups in total. The smallest absolute Gasteiger partial charge is 0.127 e. The van der Waals surface area contributed by atoms with E-state index in [2.05, 4.69) is 56.5 Å². The molecular weight excluding hydrogens is 380 g/mol. The highest BCUT2D eigenvalue weighted by Crippen LogP contribution is 2.37. The van der Waals surface area contributed by atoms with Crippen LogP contribution in [-0.2, 0) is 0 Å². The van der Waals surface area contributed by atoms with Gasteiger partial charge in [0, 0.05) is 35.7 Å². The molecule has 1 unspecified atom stereocenters. The van der Waals surface area contributed by atoms with Gasteiger partial charge in [-0.3, -0.25) is 4.90 Å². The molecule has 0 saturated carbocycles. The highest BCUT2D eigenvalue weighted by Gasteiger charge is 2.26. The van der Waals surface area contributed by atoms with Gasteiger partial charge in [-0.05, 0) is 42.8 Å². The van der Waals surface area contributed by atoms with Gasteiger partial charge in [-0.25, -0.2) is 0 Å². The van der Waals surface area contributed by atoms with Crippen molar-refractivity contribution in [1.82, 2.24) is 10.2 Å². The van der Waals surface area contributed by atoms with Gasteiger partial charge in [0.05, 0.1) is 20.3 Å². The Morgan fingerprint density at radius 2 is 1.80 bits per heavy atom. The summed E-state index contributed by atoms with van der Waals surface area (Å²) in [5.74, 6) is 1.68. The van der Waals surface area contributed by atoms with Crippen molar-refractivity contribution in [1.29, 1.82) is 0 Å². The van der Waals surface area contributed by atoms with Crippen LogP contribution in [0.3, 0.4) is 0 Å². The van der Waals surface area contributed by atoms with Crippen molar-refractivity contribution in [3.8, 4) is 11.5 Å². The summed E-state index contributed by atoms with van der Waals surface area (Å²) < 4.78 is 12.2. The van der Waals surface area contributed by atoms with Crippen molar-refractivity contribution < 1.29 is 9.47 Å². The Kier molecular flexibility index (Phi) is 6.34. The summed E-state index contributed by atoms with van der Waals surface area (Å²) in [6.45, 7) is 4.15. The largest absolute Gasteiger partial charge is 0.497 e. The highest BCUT2D eigenvalue weighted by molar-refractivity contribution is 9.10. The van der Waals surface area contributed by atoms with Gasteiger partial charge in [0.1, 0.15) is 11.5 Å². The summed E-state index contributed by atoms with van der Waals surface area (Å²) in [5.41, 5.74) is 2.45. The molecule has 25 heavy (non-hydrogen) atoms. The summed E-state index contributed by atoms with van der Waals surface area (Å²) in [4.78, 5) is 2.54. The molecule has 0 bridgehead atoms. The van der Waals surface area contributed by atoms with Crippen LogP contribution >= 0.6 is 15.9 Å². The summed E-state index contributed by atoms with van der Waals surface area (Å²) in [6.07, 6.45) is 1.14. The maximum absolute atomic E-state index is 5.70. The number of ether oxygens (including phenoxy) is 2. The number of hydrogen-bond donors (Lipinski definition) is 1. The molecule has 0 aromatic heterocycles. The van der Waals surface area contributed by atoms with E-state index >= 15 is 0 Å². The lowest BCUT2D eigenvalue weighted by Gasteiger charge is -2.32. The third kappa shape index (κ3) is 4.35. The second kappa shape index (κ2) is 8.70. The van der Waals surface area contributed by atoms with Gasteiger partial charge < -0.3 is 14.8 Å². The van der Waals surface area contributed by atoms with Crippen LogP contribution in [-0.4, -0.2) is 45.3 Å². The lowest BCUT2D eigenvalue weighted by molar-refractivity contribution is 0.236. The second-order valence-electron chi connectivity index (χ2n) is 6.20. The summed E-state index contributed by atoms with van der Waals surface area (Å²) >= 11 is 3.54. The first-order valence-electron chi connectivity index (χ1n) is 8.65. The molecule has 3 rings (SSSR count). The minimum atomic E-state index is 0.161. The summed E-state index contributed by atoms with van der Waals surface area (Å²) in [6, 6.07) is 14.9. The van der Waals surface area contributed by atoms with E-state index in [1.165, 1.54) is 11.1 Å². The molecule has 4 nitrogen and oxygen atoms in total. The van der Waals surface area contributed by atoms with Gasteiger partial charge in [-0.2, -0.15) is 0 Å². The normalized spacial score (nSPS) is 16.9. The molecule has 1 fully saturated rings. The number of hydrogen-bond acceptors (Lipinski definition) is 4. The highest BCUT2D eigenvalue weighted by atomic mass is 79.9. The van der Waals surface area contributed by atoms with Gasteiger partial charge in [0.25, 0.3) is 0 Å². The minimum absolute atomic E-state index is 0.161. The van der Waals surface area contributed by atoms with Crippen LogP contribution in [0.4, 0.5) is 0 Å². The number of halogens is 1. The molecule has 1 aliphatic heterocycles. The molecule has 0 spiro atoms. The molecule has 1 heterocycles. The maximum atomic E-state index is 5.70. The average Bonchev–Trinajstić information content (AvgIpc) is 2.93. The van der Waals surface area contributed by atoms with Crippen LogP contribution in [0.15, 0.2) is 46.9 Å². The van der Waals surface area contributed by atoms with E-state index in [4.69, 9.17) is 9.47 Å². The Balaban J connectivity index is 2.05. The van der Waals surface area contributed by atoms with Crippen molar-refractivity contribution in [2.75, 3.05) is 40.4 Å².